The third kappa shape index (κ3) is 3.51. The summed E-state index contributed by atoms with van der Waals surface area (Å²) in [4.78, 5) is 19.0. The first-order valence-corrected chi connectivity index (χ1v) is 8.87. The number of nitrogens with zero attached hydrogens (tertiary/aromatic N) is 4. The SMILES string of the molecule is N#CC(=C1SCC(c2ncc(OC(N)=O)cc2Cl)S1)n1ccnc1. The summed E-state index contributed by atoms with van der Waals surface area (Å²) in [6.07, 6.45) is 5.41. The van der Waals surface area contributed by atoms with Crippen molar-refractivity contribution in [3.05, 3.63) is 45.9 Å². The first-order valence-electron chi connectivity index (χ1n) is 6.63. The smallest absolute Gasteiger partial charge is 0.409 e. The number of halogens is 1. The van der Waals surface area contributed by atoms with Gasteiger partial charge in [0.05, 0.1) is 32.7 Å². The number of amides is 1. The molecule has 2 N–H and O–H groups in total. The molecule has 1 aliphatic heterocycles. The van der Waals surface area contributed by atoms with Crippen molar-refractivity contribution < 1.29 is 9.53 Å². The normalized spacial score (nSPS) is 18.9. The van der Waals surface area contributed by atoms with E-state index in [1.165, 1.54) is 24.0 Å². The van der Waals surface area contributed by atoms with Gasteiger partial charge in [-0.2, -0.15) is 5.26 Å². The molecule has 0 spiro atoms. The van der Waals surface area contributed by atoms with Gasteiger partial charge in [-0.05, 0) is 0 Å². The van der Waals surface area contributed by atoms with Gasteiger partial charge in [-0.25, -0.2) is 9.78 Å². The molecule has 0 radical (unpaired) electrons. The molecular formula is C14H10ClN5O2S2. The second-order valence-corrected chi connectivity index (χ2v) is 7.50. The van der Waals surface area contributed by atoms with Crippen LogP contribution in [0.5, 0.6) is 5.75 Å². The summed E-state index contributed by atoms with van der Waals surface area (Å²) in [6.45, 7) is 0. The van der Waals surface area contributed by atoms with E-state index in [9.17, 15) is 10.1 Å². The number of aromatic nitrogens is 3. The molecule has 0 bridgehead atoms. The predicted molar refractivity (Wildman–Crippen MR) is 93.3 cm³/mol. The summed E-state index contributed by atoms with van der Waals surface area (Å²) in [5, 5.41) is 9.78. The molecule has 10 heteroatoms. The Kier molecular flexibility index (Phi) is 4.99. The number of allylic oxidation sites excluding steroid dienone is 1. The fourth-order valence-electron chi connectivity index (χ4n) is 2.05. The number of nitriles is 1. The number of ether oxygens (including phenoxy) is 1. The Bertz CT molecular complexity index is 847. The average Bonchev–Trinajstić information content (AvgIpc) is 3.20. The molecule has 0 aromatic carbocycles. The highest BCUT2D eigenvalue weighted by Gasteiger charge is 2.29. The summed E-state index contributed by atoms with van der Waals surface area (Å²) >= 11 is 9.33. The highest BCUT2D eigenvalue weighted by molar-refractivity contribution is 8.25. The van der Waals surface area contributed by atoms with Crippen LogP contribution in [-0.2, 0) is 0 Å². The highest BCUT2D eigenvalue weighted by atomic mass is 35.5. The van der Waals surface area contributed by atoms with Gasteiger partial charge in [0.15, 0.2) is 5.75 Å². The topological polar surface area (TPSA) is 107 Å². The van der Waals surface area contributed by atoms with Crippen molar-refractivity contribution in [3.8, 4) is 11.8 Å². The second-order valence-electron chi connectivity index (χ2n) is 4.59. The second kappa shape index (κ2) is 7.17. The van der Waals surface area contributed by atoms with E-state index in [0.29, 0.717) is 16.4 Å². The first kappa shape index (κ1) is 16.7. The molecule has 24 heavy (non-hydrogen) atoms. The van der Waals surface area contributed by atoms with Crippen molar-refractivity contribution in [3.63, 3.8) is 0 Å². The molecule has 0 aliphatic carbocycles. The van der Waals surface area contributed by atoms with Gasteiger partial charge in [0.25, 0.3) is 0 Å². The summed E-state index contributed by atoms with van der Waals surface area (Å²) in [7, 11) is 0. The number of hydrogen-bond donors (Lipinski definition) is 1. The Morgan fingerprint density at radius 1 is 1.58 bits per heavy atom. The molecule has 1 unspecified atom stereocenters. The van der Waals surface area contributed by atoms with Crippen LogP contribution in [0, 0.1) is 11.3 Å². The number of carbonyl (C=O) groups excluding carboxylic acids is 1. The van der Waals surface area contributed by atoms with E-state index in [-0.39, 0.29) is 11.0 Å². The zero-order valence-corrected chi connectivity index (χ0v) is 14.4. The number of hydrogen-bond acceptors (Lipinski definition) is 7. The lowest BCUT2D eigenvalue weighted by atomic mass is 10.3. The zero-order chi connectivity index (χ0) is 17.1. The molecular weight excluding hydrogens is 370 g/mol. The van der Waals surface area contributed by atoms with Gasteiger partial charge < -0.3 is 10.5 Å². The molecule has 2 aromatic rings. The van der Waals surface area contributed by atoms with E-state index in [2.05, 4.69) is 16.0 Å². The van der Waals surface area contributed by atoms with Crippen LogP contribution in [0.15, 0.2) is 35.2 Å². The van der Waals surface area contributed by atoms with E-state index in [0.717, 1.165) is 9.99 Å². The fourth-order valence-corrected chi connectivity index (χ4v) is 5.27. The summed E-state index contributed by atoms with van der Waals surface area (Å²) in [5.41, 5.74) is 6.16. The Morgan fingerprint density at radius 3 is 3.04 bits per heavy atom. The van der Waals surface area contributed by atoms with Gasteiger partial charge in [0, 0.05) is 24.2 Å². The van der Waals surface area contributed by atoms with Crippen molar-refractivity contribution in [2.45, 2.75) is 5.25 Å². The van der Waals surface area contributed by atoms with Gasteiger partial charge in [-0.15, -0.1) is 23.5 Å². The summed E-state index contributed by atoms with van der Waals surface area (Å²) in [6, 6.07) is 3.70. The number of imidazole rings is 1. The fraction of sp³-hybridized carbons (Fsp3) is 0.143. The zero-order valence-electron chi connectivity index (χ0n) is 12.0. The van der Waals surface area contributed by atoms with Gasteiger partial charge in [0.2, 0.25) is 0 Å². The molecule has 1 saturated heterocycles. The van der Waals surface area contributed by atoms with Crippen molar-refractivity contribution in [1.29, 1.82) is 5.26 Å². The Morgan fingerprint density at radius 2 is 2.42 bits per heavy atom. The molecule has 7 nitrogen and oxygen atoms in total. The lowest BCUT2D eigenvalue weighted by Crippen LogP contribution is -2.16. The maximum absolute atomic E-state index is 10.8. The molecule has 1 aliphatic rings. The Hall–Kier alpha value is -2.15. The van der Waals surface area contributed by atoms with Gasteiger partial charge >= 0.3 is 6.09 Å². The first-order chi connectivity index (χ1) is 11.6. The van der Waals surface area contributed by atoms with Crippen molar-refractivity contribution >= 4 is 46.9 Å². The monoisotopic (exact) mass is 379 g/mol. The molecule has 0 saturated carbocycles. The lowest BCUT2D eigenvalue weighted by molar-refractivity contribution is 0.210. The van der Waals surface area contributed by atoms with Crippen molar-refractivity contribution in [2.24, 2.45) is 5.73 Å². The van der Waals surface area contributed by atoms with Gasteiger partial charge in [-0.3, -0.25) is 9.55 Å². The quantitative estimate of drug-likeness (QED) is 0.815. The molecule has 2 aromatic heterocycles. The number of carbonyl (C=O) groups is 1. The number of nitrogens with two attached hydrogens (primary N) is 1. The third-order valence-electron chi connectivity index (χ3n) is 3.04. The molecule has 1 amide bonds. The number of rotatable bonds is 3. The lowest BCUT2D eigenvalue weighted by Gasteiger charge is -2.10. The minimum Gasteiger partial charge on any atom is -0.409 e. The standard InChI is InChI=1S/C14H10ClN5O2S2/c15-9-3-8(22-14(17)21)5-19-12(9)11-6-23-13(24-11)10(4-16)20-2-1-18-7-20/h1-3,5,7,11H,6H2,(H2,17,21). The van der Waals surface area contributed by atoms with Crippen molar-refractivity contribution in [2.75, 3.05) is 5.75 Å². The van der Waals surface area contributed by atoms with E-state index in [1.807, 2.05) is 0 Å². The third-order valence-corrected chi connectivity index (χ3v) is 6.24. The molecule has 3 rings (SSSR count). The summed E-state index contributed by atoms with van der Waals surface area (Å²) < 4.78 is 7.32. The van der Waals surface area contributed by atoms with Crippen LogP contribution >= 0.6 is 35.1 Å². The largest absolute Gasteiger partial charge is 0.410 e. The number of thioether (sulfide) groups is 2. The van der Waals surface area contributed by atoms with E-state index < -0.39 is 6.09 Å². The Balaban J connectivity index is 1.83. The molecule has 1 fully saturated rings. The van der Waals surface area contributed by atoms with Crippen LogP contribution in [0.1, 0.15) is 10.9 Å². The predicted octanol–water partition coefficient (Wildman–Crippen LogP) is 3.26. The van der Waals surface area contributed by atoms with Gasteiger partial charge in [0.1, 0.15) is 11.8 Å². The van der Waals surface area contributed by atoms with Crippen LogP contribution in [0.2, 0.25) is 5.02 Å². The molecule has 3 heterocycles. The van der Waals surface area contributed by atoms with Crippen LogP contribution in [0.4, 0.5) is 4.79 Å². The maximum atomic E-state index is 10.8. The van der Waals surface area contributed by atoms with Crippen molar-refractivity contribution in [1.82, 2.24) is 14.5 Å². The minimum absolute atomic E-state index is 0.00741. The molecule has 122 valence electrons. The van der Waals surface area contributed by atoms with E-state index >= 15 is 0 Å². The Labute approximate surface area is 150 Å². The minimum atomic E-state index is -0.921. The van der Waals surface area contributed by atoms with Gasteiger partial charge in [-0.1, -0.05) is 11.6 Å². The van der Waals surface area contributed by atoms with Crippen LogP contribution in [-0.4, -0.2) is 26.4 Å². The maximum Gasteiger partial charge on any atom is 0.410 e. The van der Waals surface area contributed by atoms with Crippen LogP contribution < -0.4 is 10.5 Å². The van der Waals surface area contributed by atoms with E-state index in [4.69, 9.17) is 22.1 Å². The highest BCUT2D eigenvalue weighted by Crippen LogP contribution is 2.52. The molecule has 1 atom stereocenters. The van der Waals surface area contributed by atoms with Crippen LogP contribution in [0.3, 0.4) is 0 Å². The van der Waals surface area contributed by atoms with E-state index in [1.54, 1.807) is 35.0 Å². The number of primary amides is 1. The number of pyridine rings is 1. The van der Waals surface area contributed by atoms with Crippen LogP contribution in [0.25, 0.3) is 5.70 Å². The summed E-state index contributed by atoms with van der Waals surface area (Å²) in [5.74, 6) is 0.918. The average molecular weight is 380 g/mol.